The van der Waals surface area contributed by atoms with Crippen LogP contribution >= 0.6 is 0 Å². The molecule has 46 heavy (non-hydrogen) atoms. The molecule has 0 spiro atoms. The fourth-order valence-corrected chi connectivity index (χ4v) is 6.81. The van der Waals surface area contributed by atoms with Crippen molar-refractivity contribution in [1.29, 1.82) is 0 Å². The smallest absolute Gasteiger partial charge is 0.264 e. The van der Waals surface area contributed by atoms with E-state index in [1.165, 1.54) is 4.31 Å². The van der Waals surface area contributed by atoms with E-state index < -0.39 is 34.1 Å². The van der Waals surface area contributed by atoms with Gasteiger partial charge in [-0.2, -0.15) is 0 Å². The van der Waals surface area contributed by atoms with Crippen LogP contribution in [-0.2, 0) is 32.6 Å². The Hall–Kier alpha value is -4.43. The predicted octanol–water partition coefficient (Wildman–Crippen LogP) is 6.67. The van der Waals surface area contributed by atoms with Crippen LogP contribution in [0.4, 0.5) is 5.69 Å². The van der Waals surface area contributed by atoms with Gasteiger partial charge in [0.2, 0.25) is 11.8 Å². The molecule has 1 atom stereocenters. The second-order valence-corrected chi connectivity index (χ2v) is 14.8. The van der Waals surface area contributed by atoms with Gasteiger partial charge in [0.25, 0.3) is 10.0 Å². The molecule has 2 amide bonds. The predicted molar refractivity (Wildman–Crippen MR) is 185 cm³/mol. The molecule has 0 aliphatic carbocycles. The van der Waals surface area contributed by atoms with E-state index in [1.807, 2.05) is 109 Å². The molecule has 7 nitrogen and oxygen atoms in total. The van der Waals surface area contributed by atoms with Gasteiger partial charge in [0.1, 0.15) is 12.6 Å². The molecule has 0 unspecified atom stereocenters. The molecule has 0 aromatic heterocycles. The zero-order valence-electron chi connectivity index (χ0n) is 27.9. The number of hydrogen-bond donors (Lipinski definition) is 1. The number of nitrogens with one attached hydrogen (secondary N) is 1. The van der Waals surface area contributed by atoms with E-state index in [1.54, 1.807) is 41.3 Å². The number of anilines is 1. The maximum absolute atomic E-state index is 14.7. The molecule has 0 saturated heterocycles. The molecular weight excluding hydrogens is 595 g/mol. The first kappa shape index (κ1) is 34.4. The van der Waals surface area contributed by atoms with Gasteiger partial charge >= 0.3 is 0 Å². The third-order valence-electron chi connectivity index (χ3n) is 8.10. The molecule has 242 valence electrons. The van der Waals surface area contributed by atoms with Crippen molar-refractivity contribution >= 4 is 27.5 Å². The molecule has 0 aliphatic rings. The van der Waals surface area contributed by atoms with E-state index >= 15 is 0 Å². The number of aryl methyl sites for hydroxylation is 3. The lowest BCUT2D eigenvalue weighted by molar-refractivity contribution is -0.140. The average molecular weight is 640 g/mol. The van der Waals surface area contributed by atoms with Crippen molar-refractivity contribution < 1.29 is 18.0 Å². The molecule has 8 heteroatoms. The fraction of sp³-hybridized carbons (Fsp3) is 0.316. The first-order chi connectivity index (χ1) is 21.7. The van der Waals surface area contributed by atoms with Gasteiger partial charge in [0, 0.05) is 18.5 Å². The van der Waals surface area contributed by atoms with E-state index in [4.69, 9.17) is 0 Å². The van der Waals surface area contributed by atoms with Crippen LogP contribution in [0, 0.1) is 27.7 Å². The van der Waals surface area contributed by atoms with Crippen LogP contribution in [0.5, 0.6) is 0 Å². The van der Waals surface area contributed by atoms with Crippen molar-refractivity contribution in [2.75, 3.05) is 10.8 Å². The number of sulfonamides is 1. The van der Waals surface area contributed by atoms with Gasteiger partial charge in [-0.15, -0.1) is 0 Å². The molecule has 0 bridgehead atoms. The molecule has 0 heterocycles. The lowest BCUT2D eigenvalue weighted by atomic mass is 10.00. The van der Waals surface area contributed by atoms with Gasteiger partial charge in [0.05, 0.1) is 10.6 Å². The molecule has 0 saturated carbocycles. The maximum atomic E-state index is 14.7. The largest absolute Gasteiger partial charge is 0.350 e. The first-order valence-corrected chi connectivity index (χ1v) is 17.0. The number of benzene rings is 4. The summed E-state index contributed by atoms with van der Waals surface area (Å²) in [7, 11) is -4.17. The minimum absolute atomic E-state index is 0.0866. The highest BCUT2D eigenvalue weighted by Crippen LogP contribution is 2.30. The van der Waals surface area contributed by atoms with Crippen LogP contribution in [0.25, 0.3) is 0 Å². The van der Waals surface area contributed by atoms with Gasteiger partial charge < -0.3 is 10.2 Å². The Morgan fingerprint density at radius 2 is 1.37 bits per heavy atom. The second-order valence-electron chi connectivity index (χ2n) is 12.9. The van der Waals surface area contributed by atoms with Crippen molar-refractivity contribution in [3.63, 3.8) is 0 Å². The number of hydrogen-bond acceptors (Lipinski definition) is 4. The summed E-state index contributed by atoms with van der Waals surface area (Å²) >= 11 is 0. The van der Waals surface area contributed by atoms with Gasteiger partial charge in [-0.25, -0.2) is 8.42 Å². The van der Waals surface area contributed by atoms with Crippen LogP contribution in [0.1, 0.15) is 54.2 Å². The highest BCUT2D eigenvalue weighted by Gasteiger charge is 2.36. The van der Waals surface area contributed by atoms with E-state index in [9.17, 15) is 18.0 Å². The SMILES string of the molecule is Cc1ccc(S(=O)(=O)N(CC(=O)N(Cc2ccccc2C)[C@H](Cc2ccccc2)C(=O)NC(C)(C)C)c2cccc(C)c2C)cc1. The van der Waals surface area contributed by atoms with Crippen molar-refractivity contribution in [3.8, 4) is 0 Å². The highest BCUT2D eigenvalue weighted by atomic mass is 32.2. The van der Waals surface area contributed by atoms with Crippen LogP contribution in [0.15, 0.2) is 102 Å². The van der Waals surface area contributed by atoms with Gasteiger partial charge in [-0.05, 0) is 94.5 Å². The minimum Gasteiger partial charge on any atom is -0.350 e. The normalized spacial score (nSPS) is 12.3. The molecule has 0 fully saturated rings. The zero-order chi connectivity index (χ0) is 33.6. The topological polar surface area (TPSA) is 86.8 Å². The summed E-state index contributed by atoms with van der Waals surface area (Å²) in [4.78, 5) is 30.4. The molecule has 0 radical (unpaired) electrons. The van der Waals surface area contributed by atoms with E-state index in [0.717, 1.165) is 33.4 Å². The van der Waals surface area contributed by atoms with E-state index in [2.05, 4.69) is 5.32 Å². The third-order valence-corrected chi connectivity index (χ3v) is 9.88. The number of carbonyl (C=O) groups is 2. The monoisotopic (exact) mass is 639 g/mol. The van der Waals surface area contributed by atoms with Crippen LogP contribution in [0.3, 0.4) is 0 Å². The molecule has 4 aromatic carbocycles. The lowest BCUT2D eigenvalue weighted by Crippen LogP contribution is -2.56. The zero-order valence-corrected chi connectivity index (χ0v) is 28.7. The standard InChI is InChI=1S/C38H45N3O4S/c1-27-20-22-33(23-21-27)46(44,45)41(34-19-13-15-28(2)30(34)4)26-36(42)40(25-32-18-12-11-14-29(32)3)35(37(43)39-38(5,6)7)24-31-16-9-8-10-17-31/h8-23,35H,24-26H2,1-7H3,(H,39,43)/t35-/m1/s1. The van der Waals surface area contributed by atoms with E-state index in [-0.39, 0.29) is 23.8 Å². The number of amides is 2. The van der Waals surface area contributed by atoms with Crippen LogP contribution < -0.4 is 9.62 Å². The van der Waals surface area contributed by atoms with Gasteiger partial charge in [-0.3, -0.25) is 13.9 Å². The van der Waals surface area contributed by atoms with Crippen molar-refractivity contribution in [2.45, 2.75) is 77.9 Å². The summed E-state index contributed by atoms with van der Waals surface area (Å²) < 4.78 is 29.9. The summed E-state index contributed by atoms with van der Waals surface area (Å²) in [5, 5.41) is 3.07. The number of nitrogens with zero attached hydrogens (tertiary/aromatic N) is 2. The van der Waals surface area contributed by atoms with Gasteiger partial charge in [-0.1, -0.05) is 84.4 Å². The Morgan fingerprint density at radius 3 is 2.00 bits per heavy atom. The minimum atomic E-state index is -4.17. The molecule has 4 aromatic rings. The molecule has 4 rings (SSSR count). The fourth-order valence-electron chi connectivity index (χ4n) is 5.33. The quantitative estimate of drug-likeness (QED) is 0.199. The van der Waals surface area contributed by atoms with Crippen molar-refractivity contribution in [1.82, 2.24) is 10.2 Å². The first-order valence-electron chi connectivity index (χ1n) is 15.5. The average Bonchev–Trinajstić information content (AvgIpc) is 3.00. The van der Waals surface area contributed by atoms with Crippen LogP contribution in [0.2, 0.25) is 0 Å². The highest BCUT2D eigenvalue weighted by molar-refractivity contribution is 7.92. The Morgan fingerprint density at radius 1 is 0.761 bits per heavy atom. The van der Waals surface area contributed by atoms with Gasteiger partial charge in [0.15, 0.2) is 0 Å². The number of carbonyl (C=O) groups excluding carboxylic acids is 2. The number of rotatable bonds is 11. The summed E-state index contributed by atoms with van der Waals surface area (Å²) in [5.74, 6) is -0.789. The Balaban J connectivity index is 1.86. The van der Waals surface area contributed by atoms with E-state index in [0.29, 0.717) is 5.69 Å². The van der Waals surface area contributed by atoms with Crippen LogP contribution in [-0.4, -0.2) is 43.3 Å². The second kappa shape index (κ2) is 14.3. The summed E-state index contributed by atoms with van der Waals surface area (Å²) in [6, 6.07) is 28.4. The Kier molecular flexibility index (Phi) is 10.7. The third kappa shape index (κ3) is 8.43. The summed E-state index contributed by atoms with van der Waals surface area (Å²) in [5.41, 5.74) is 5.17. The Bertz CT molecular complexity index is 1780. The van der Waals surface area contributed by atoms with Crippen molar-refractivity contribution in [2.24, 2.45) is 0 Å². The maximum Gasteiger partial charge on any atom is 0.264 e. The Labute approximate surface area is 274 Å². The summed E-state index contributed by atoms with van der Waals surface area (Å²) in [6.07, 6.45) is 0.258. The molecule has 0 aliphatic heterocycles. The molecule has 1 N–H and O–H groups in total. The lowest BCUT2D eigenvalue weighted by Gasteiger charge is -2.36. The summed E-state index contributed by atoms with van der Waals surface area (Å²) in [6.45, 7) is 13.0. The van der Waals surface area contributed by atoms with Crippen molar-refractivity contribution in [3.05, 3.63) is 130 Å². The molecular formula is C38H45N3O4S.